The van der Waals surface area contributed by atoms with Crippen LogP contribution in [0.15, 0.2) is 18.2 Å². The van der Waals surface area contributed by atoms with Crippen LogP contribution < -0.4 is 9.47 Å². The van der Waals surface area contributed by atoms with Crippen LogP contribution in [0.25, 0.3) is 0 Å². The number of Topliss-reactive ketones (excluding diaryl/α,β-unsaturated/α-hetero) is 1. The van der Waals surface area contributed by atoms with Crippen LogP contribution >= 0.6 is 0 Å². The smallest absolute Gasteiger partial charge is 0.161 e. The monoisotopic (exact) mass is 204 g/mol. The lowest BCUT2D eigenvalue weighted by atomic mass is 9.83. The Bertz CT molecular complexity index is 361. The van der Waals surface area contributed by atoms with E-state index in [-0.39, 0.29) is 5.78 Å². The highest BCUT2D eigenvalue weighted by atomic mass is 16.5. The van der Waals surface area contributed by atoms with Crippen LogP contribution in [0.1, 0.15) is 17.3 Å². The number of ether oxygens (including phenoxy) is 2. The molecule has 1 aromatic carbocycles. The van der Waals surface area contributed by atoms with Crippen LogP contribution in [0, 0.1) is 0 Å². The molecule has 1 unspecified atom stereocenters. The van der Waals surface area contributed by atoms with Crippen molar-refractivity contribution < 1.29 is 14.3 Å². The maximum absolute atomic E-state index is 11.6. The summed E-state index contributed by atoms with van der Waals surface area (Å²) in [5.74, 6) is 0.502. The number of benzene rings is 1. The van der Waals surface area contributed by atoms with Crippen LogP contribution in [0.3, 0.4) is 0 Å². The Kier molecular flexibility index (Phi) is 3.77. The number of methoxy groups -OCH3 is 2. The van der Waals surface area contributed by atoms with Gasteiger partial charge in [-0.1, -0.05) is 6.92 Å². The summed E-state index contributed by atoms with van der Waals surface area (Å²) in [5.41, 5.74) is 0.530. The summed E-state index contributed by atoms with van der Waals surface area (Å²) in [7, 11) is 8.58. The fourth-order valence-corrected chi connectivity index (χ4v) is 1.25. The van der Waals surface area contributed by atoms with Crippen molar-refractivity contribution in [2.75, 3.05) is 14.2 Å². The van der Waals surface area contributed by atoms with E-state index in [1.165, 1.54) is 7.11 Å². The van der Waals surface area contributed by atoms with Gasteiger partial charge in [0.2, 0.25) is 0 Å². The third-order valence-corrected chi connectivity index (χ3v) is 2.08. The maximum Gasteiger partial charge on any atom is 0.161 e. The van der Waals surface area contributed by atoms with Gasteiger partial charge in [-0.15, -0.1) is 0 Å². The Morgan fingerprint density at radius 1 is 1.27 bits per heavy atom. The van der Waals surface area contributed by atoms with Crippen LogP contribution in [0.5, 0.6) is 11.5 Å². The molecule has 0 N–H and O–H groups in total. The second-order valence-corrected chi connectivity index (χ2v) is 3.22. The molecule has 0 aromatic heterocycles. The lowest BCUT2D eigenvalue weighted by Gasteiger charge is -2.10. The molecule has 15 heavy (non-hydrogen) atoms. The van der Waals surface area contributed by atoms with Gasteiger partial charge in [-0.3, -0.25) is 4.79 Å². The molecular weight excluding hydrogens is 191 g/mol. The predicted molar refractivity (Wildman–Crippen MR) is 59.1 cm³/mol. The summed E-state index contributed by atoms with van der Waals surface area (Å²) >= 11 is 0. The van der Waals surface area contributed by atoms with Crippen LogP contribution in [0.2, 0.25) is 5.82 Å². The van der Waals surface area contributed by atoms with Crippen LogP contribution in [-0.2, 0) is 0 Å². The van der Waals surface area contributed by atoms with Gasteiger partial charge < -0.3 is 9.47 Å². The second-order valence-electron chi connectivity index (χ2n) is 3.22. The first-order valence-electron chi connectivity index (χ1n) is 4.62. The molecule has 1 aromatic rings. The van der Waals surface area contributed by atoms with E-state index in [4.69, 9.17) is 17.3 Å². The Morgan fingerprint density at radius 3 is 2.33 bits per heavy atom. The molecule has 0 saturated carbocycles. The SMILES string of the molecule is [B]C(C)C(=O)c1ccc(OC)c(OC)c1. The summed E-state index contributed by atoms with van der Waals surface area (Å²) in [4.78, 5) is 11.6. The molecule has 0 heterocycles. The average molecular weight is 204 g/mol. The Hall–Kier alpha value is -1.45. The van der Waals surface area contributed by atoms with Crippen LogP contribution in [0.4, 0.5) is 0 Å². The molecule has 0 aliphatic rings. The zero-order valence-electron chi connectivity index (χ0n) is 9.11. The van der Waals surface area contributed by atoms with Crippen molar-refractivity contribution in [2.45, 2.75) is 12.7 Å². The quantitative estimate of drug-likeness (QED) is 0.554. The minimum Gasteiger partial charge on any atom is -0.493 e. The lowest BCUT2D eigenvalue weighted by molar-refractivity contribution is 0.0988. The van der Waals surface area contributed by atoms with Crippen molar-refractivity contribution in [2.24, 2.45) is 0 Å². The first-order chi connectivity index (χ1) is 7.10. The normalized spacial score (nSPS) is 11.9. The Morgan fingerprint density at radius 2 is 1.87 bits per heavy atom. The van der Waals surface area contributed by atoms with Gasteiger partial charge in [0, 0.05) is 5.56 Å². The molecule has 0 bridgehead atoms. The fourth-order valence-electron chi connectivity index (χ4n) is 1.25. The number of hydrogen-bond acceptors (Lipinski definition) is 3. The van der Waals surface area contributed by atoms with E-state index in [1.807, 2.05) is 0 Å². The number of carbonyl (C=O) groups excluding carboxylic acids is 1. The molecule has 2 radical (unpaired) electrons. The van der Waals surface area contributed by atoms with Crippen molar-refractivity contribution >= 4 is 13.6 Å². The molecule has 1 rings (SSSR count). The minimum absolute atomic E-state index is 0.115. The van der Waals surface area contributed by atoms with Crippen molar-refractivity contribution in [3.63, 3.8) is 0 Å². The molecule has 0 spiro atoms. The number of rotatable bonds is 4. The molecular formula is C11H13BO3. The molecule has 0 aliphatic heterocycles. The van der Waals surface area contributed by atoms with Crippen molar-refractivity contribution in [1.29, 1.82) is 0 Å². The van der Waals surface area contributed by atoms with E-state index < -0.39 is 5.82 Å². The number of carbonyl (C=O) groups is 1. The van der Waals surface area contributed by atoms with Gasteiger partial charge in [0.1, 0.15) is 0 Å². The predicted octanol–water partition coefficient (Wildman–Crippen LogP) is 1.86. The largest absolute Gasteiger partial charge is 0.493 e. The fraction of sp³-hybridized carbons (Fsp3) is 0.364. The first kappa shape index (κ1) is 11.6. The zero-order chi connectivity index (χ0) is 11.4. The molecule has 78 valence electrons. The summed E-state index contributed by atoms with van der Waals surface area (Å²) in [6, 6.07) is 4.99. The maximum atomic E-state index is 11.6. The third-order valence-electron chi connectivity index (χ3n) is 2.08. The van der Waals surface area contributed by atoms with Gasteiger partial charge in [-0.05, 0) is 24.0 Å². The molecule has 0 saturated heterocycles. The molecule has 0 fully saturated rings. The zero-order valence-corrected chi connectivity index (χ0v) is 9.11. The summed E-state index contributed by atoms with van der Waals surface area (Å²) in [5, 5.41) is 0. The van der Waals surface area contributed by atoms with Crippen molar-refractivity contribution in [3.8, 4) is 11.5 Å². The average Bonchev–Trinajstić information content (AvgIpc) is 2.26. The van der Waals surface area contributed by atoms with Gasteiger partial charge >= 0.3 is 0 Å². The van der Waals surface area contributed by atoms with Gasteiger partial charge in [0.15, 0.2) is 17.3 Å². The molecule has 3 nitrogen and oxygen atoms in total. The van der Waals surface area contributed by atoms with Crippen molar-refractivity contribution in [3.05, 3.63) is 23.8 Å². The molecule has 1 atom stereocenters. The number of ketones is 1. The topological polar surface area (TPSA) is 35.5 Å². The molecule has 4 heteroatoms. The standard InChI is InChI=1S/C11H13BO3/c1-7(12)11(13)8-4-5-9(14-2)10(6-8)15-3/h4-7H,1-3H3. The number of hydrogen-bond donors (Lipinski definition) is 0. The van der Waals surface area contributed by atoms with Crippen LogP contribution in [-0.4, -0.2) is 27.8 Å². The van der Waals surface area contributed by atoms with Gasteiger partial charge in [0.05, 0.1) is 22.1 Å². The summed E-state index contributed by atoms with van der Waals surface area (Å²) in [6.07, 6.45) is 0. The van der Waals surface area contributed by atoms with E-state index in [2.05, 4.69) is 0 Å². The lowest BCUT2D eigenvalue weighted by Crippen LogP contribution is -2.06. The van der Waals surface area contributed by atoms with Crippen molar-refractivity contribution in [1.82, 2.24) is 0 Å². The van der Waals surface area contributed by atoms with E-state index >= 15 is 0 Å². The second kappa shape index (κ2) is 4.87. The summed E-state index contributed by atoms with van der Waals surface area (Å²) < 4.78 is 10.2. The Balaban J connectivity index is 3.08. The van der Waals surface area contributed by atoms with E-state index in [0.29, 0.717) is 17.1 Å². The highest BCUT2D eigenvalue weighted by Gasteiger charge is 2.12. The highest BCUT2D eigenvalue weighted by molar-refractivity contribution is 6.27. The van der Waals surface area contributed by atoms with E-state index in [0.717, 1.165) is 0 Å². The summed E-state index contributed by atoms with van der Waals surface area (Å²) in [6.45, 7) is 1.65. The Labute approximate surface area is 90.8 Å². The van der Waals surface area contributed by atoms with Gasteiger partial charge in [-0.2, -0.15) is 0 Å². The highest BCUT2D eigenvalue weighted by Crippen LogP contribution is 2.28. The molecule has 0 aliphatic carbocycles. The van der Waals surface area contributed by atoms with Gasteiger partial charge in [-0.25, -0.2) is 0 Å². The van der Waals surface area contributed by atoms with E-state index in [1.54, 1.807) is 32.2 Å². The van der Waals surface area contributed by atoms with Gasteiger partial charge in [0.25, 0.3) is 0 Å². The third kappa shape index (κ3) is 2.52. The van der Waals surface area contributed by atoms with E-state index in [9.17, 15) is 4.79 Å². The minimum atomic E-state index is -0.511. The molecule has 0 amide bonds. The first-order valence-corrected chi connectivity index (χ1v) is 4.62.